The molecule has 6 nitrogen and oxygen atoms in total. The van der Waals surface area contributed by atoms with E-state index in [0.29, 0.717) is 26.0 Å². The van der Waals surface area contributed by atoms with Crippen molar-refractivity contribution in [2.75, 3.05) is 23.8 Å². The van der Waals surface area contributed by atoms with Crippen molar-refractivity contribution in [3.63, 3.8) is 0 Å². The third-order valence-electron chi connectivity index (χ3n) is 4.19. The molecule has 0 spiro atoms. The van der Waals surface area contributed by atoms with Crippen LogP contribution in [0.1, 0.15) is 24.0 Å². The van der Waals surface area contributed by atoms with Crippen LogP contribution < -0.4 is 21.1 Å². The highest BCUT2D eigenvalue weighted by molar-refractivity contribution is 5.99. The molecule has 2 amide bonds. The number of carbonyl (C=O) groups is 2. The summed E-state index contributed by atoms with van der Waals surface area (Å²) in [6.07, 6.45) is 2.44. The summed E-state index contributed by atoms with van der Waals surface area (Å²) in [5, 5.41) is 5.71. The van der Waals surface area contributed by atoms with Gasteiger partial charge in [-0.3, -0.25) is 9.59 Å². The van der Waals surface area contributed by atoms with Gasteiger partial charge in [-0.05, 0) is 54.3 Å². The van der Waals surface area contributed by atoms with E-state index in [1.165, 1.54) is 0 Å². The molecule has 1 aliphatic heterocycles. The van der Waals surface area contributed by atoms with E-state index in [-0.39, 0.29) is 11.8 Å². The van der Waals surface area contributed by atoms with E-state index in [2.05, 4.69) is 10.6 Å². The van der Waals surface area contributed by atoms with Gasteiger partial charge in [0.2, 0.25) is 11.8 Å². The van der Waals surface area contributed by atoms with Gasteiger partial charge in [-0.2, -0.15) is 0 Å². The Bertz CT molecular complexity index is 787. The third-order valence-corrected chi connectivity index (χ3v) is 4.19. The maximum Gasteiger partial charge on any atom is 0.228 e. The fourth-order valence-electron chi connectivity index (χ4n) is 2.93. The molecule has 1 heterocycles. The second-order valence-corrected chi connectivity index (χ2v) is 6.28. The van der Waals surface area contributed by atoms with Crippen LogP contribution in [0.3, 0.4) is 0 Å². The number of anilines is 2. The van der Waals surface area contributed by atoms with E-state index < -0.39 is 0 Å². The Hall–Kier alpha value is -2.86. The second-order valence-electron chi connectivity index (χ2n) is 6.28. The lowest BCUT2D eigenvalue weighted by Gasteiger charge is -2.08. The molecule has 136 valence electrons. The van der Waals surface area contributed by atoms with E-state index in [9.17, 15) is 9.59 Å². The number of benzene rings is 2. The molecule has 0 bridgehead atoms. The van der Waals surface area contributed by atoms with Gasteiger partial charge in [0.15, 0.2) is 0 Å². The SMILES string of the molecule is NCCOc1ccc(NC(=O)CCCc2ccc3c(c2)CC(=O)N3)cc1. The van der Waals surface area contributed by atoms with Crippen LogP contribution in [-0.2, 0) is 22.4 Å². The highest BCUT2D eigenvalue weighted by atomic mass is 16.5. The predicted molar refractivity (Wildman–Crippen MR) is 101 cm³/mol. The molecule has 4 N–H and O–H groups in total. The molecule has 0 atom stereocenters. The van der Waals surface area contributed by atoms with Crippen molar-refractivity contribution in [3.8, 4) is 5.75 Å². The number of fused-ring (bicyclic) bond motifs is 1. The van der Waals surface area contributed by atoms with Crippen LogP contribution in [0.15, 0.2) is 42.5 Å². The van der Waals surface area contributed by atoms with E-state index in [1.807, 2.05) is 42.5 Å². The minimum atomic E-state index is -0.0152. The van der Waals surface area contributed by atoms with Gasteiger partial charge in [0.05, 0.1) is 6.42 Å². The number of hydrogen-bond acceptors (Lipinski definition) is 4. The Balaban J connectivity index is 1.43. The van der Waals surface area contributed by atoms with Crippen LogP contribution in [-0.4, -0.2) is 25.0 Å². The fraction of sp³-hybridized carbons (Fsp3) is 0.300. The fourth-order valence-corrected chi connectivity index (χ4v) is 2.93. The molecular weight excluding hydrogens is 330 g/mol. The van der Waals surface area contributed by atoms with Crippen molar-refractivity contribution in [2.45, 2.75) is 25.7 Å². The number of aryl methyl sites for hydroxylation is 1. The van der Waals surface area contributed by atoms with E-state index >= 15 is 0 Å². The number of nitrogens with one attached hydrogen (secondary N) is 2. The monoisotopic (exact) mass is 353 g/mol. The first-order valence-corrected chi connectivity index (χ1v) is 8.78. The number of hydrogen-bond donors (Lipinski definition) is 3. The minimum Gasteiger partial charge on any atom is -0.492 e. The average molecular weight is 353 g/mol. The van der Waals surface area contributed by atoms with Crippen molar-refractivity contribution in [3.05, 3.63) is 53.6 Å². The van der Waals surface area contributed by atoms with Gasteiger partial charge in [-0.15, -0.1) is 0 Å². The second kappa shape index (κ2) is 8.49. The molecule has 2 aromatic rings. The summed E-state index contributed by atoms with van der Waals surface area (Å²) in [5.41, 5.74) is 9.22. The zero-order valence-corrected chi connectivity index (χ0v) is 14.6. The Labute approximate surface area is 152 Å². The zero-order chi connectivity index (χ0) is 18.4. The van der Waals surface area contributed by atoms with Crippen molar-refractivity contribution >= 4 is 23.2 Å². The maximum atomic E-state index is 12.1. The molecule has 0 unspecified atom stereocenters. The molecule has 0 aromatic heterocycles. The Morgan fingerprint density at radius 3 is 2.77 bits per heavy atom. The van der Waals surface area contributed by atoms with Crippen LogP contribution in [0.4, 0.5) is 11.4 Å². The van der Waals surface area contributed by atoms with Crippen molar-refractivity contribution < 1.29 is 14.3 Å². The molecule has 3 rings (SSSR count). The van der Waals surface area contributed by atoms with Gasteiger partial charge in [0.1, 0.15) is 12.4 Å². The summed E-state index contributed by atoms with van der Waals surface area (Å²) in [5.74, 6) is 0.757. The summed E-state index contributed by atoms with van der Waals surface area (Å²) in [6.45, 7) is 0.939. The Morgan fingerprint density at radius 1 is 1.19 bits per heavy atom. The van der Waals surface area contributed by atoms with E-state index in [4.69, 9.17) is 10.5 Å². The molecule has 2 aromatic carbocycles. The summed E-state index contributed by atoms with van der Waals surface area (Å²) < 4.78 is 5.40. The Morgan fingerprint density at radius 2 is 2.00 bits per heavy atom. The average Bonchev–Trinajstić information content (AvgIpc) is 3.00. The molecular formula is C20H23N3O3. The topological polar surface area (TPSA) is 93.4 Å². The molecule has 26 heavy (non-hydrogen) atoms. The molecule has 0 radical (unpaired) electrons. The smallest absolute Gasteiger partial charge is 0.228 e. The molecule has 1 aliphatic rings. The number of rotatable bonds is 8. The van der Waals surface area contributed by atoms with Crippen molar-refractivity contribution in [1.29, 1.82) is 0 Å². The number of ether oxygens (including phenoxy) is 1. The van der Waals surface area contributed by atoms with Gasteiger partial charge in [0.25, 0.3) is 0 Å². The van der Waals surface area contributed by atoms with E-state index in [0.717, 1.165) is 41.1 Å². The first kappa shape index (κ1) is 17.9. The minimum absolute atomic E-state index is 0.0152. The van der Waals surface area contributed by atoms with Crippen LogP contribution in [0.2, 0.25) is 0 Å². The first-order chi connectivity index (χ1) is 12.6. The Kier molecular flexibility index (Phi) is 5.86. The lowest BCUT2D eigenvalue weighted by molar-refractivity contribution is -0.116. The highest BCUT2D eigenvalue weighted by Gasteiger charge is 2.17. The molecule has 0 fully saturated rings. The highest BCUT2D eigenvalue weighted by Crippen LogP contribution is 2.24. The summed E-state index contributed by atoms with van der Waals surface area (Å²) in [6, 6.07) is 13.2. The third kappa shape index (κ3) is 4.83. The normalized spacial score (nSPS) is 12.4. The first-order valence-electron chi connectivity index (χ1n) is 8.78. The van der Waals surface area contributed by atoms with Gasteiger partial charge in [0, 0.05) is 24.3 Å². The van der Waals surface area contributed by atoms with Gasteiger partial charge in [-0.1, -0.05) is 12.1 Å². The van der Waals surface area contributed by atoms with Crippen molar-refractivity contribution in [2.24, 2.45) is 5.73 Å². The largest absolute Gasteiger partial charge is 0.492 e. The molecule has 0 saturated heterocycles. The molecule has 0 saturated carbocycles. The standard InChI is InChI=1S/C20H23N3O3/c21-10-11-26-17-7-5-16(6-8-17)22-19(24)3-1-2-14-4-9-18-15(12-14)13-20(25)23-18/h4-9,12H,1-3,10-11,13,21H2,(H,22,24)(H,23,25). The number of carbonyl (C=O) groups excluding carboxylic acids is 2. The van der Waals surface area contributed by atoms with Crippen LogP contribution >= 0.6 is 0 Å². The van der Waals surface area contributed by atoms with Crippen molar-refractivity contribution in [1.82, 2.24) is 0 Å². The summed E-state index contributed by atoms with van der Waals surface area (Å²) in [7, 11) is 0. The molecule has 0 aliphatic carbocycles. The lowest BCUT2D eigenvalue weighted by atomic mass is 10.0. The van der Waals surface area contributed by atoms with E-state index in [1.54, 1.807) is 0 Å². The summed E-state index contributed by atoms with van der Waals surface area (Å²) >= 11 is 0. The maximum absolute atomic E-state index is 12.1. The lowest BCUT2D eigenvalue weighted by Crippen LogP contribution is -2.12. The predicted octanol–water partition coefficient (Wildman–Crippen LogP) is 2.48. The summed E-state index contributed by atoms with van der Waals surface area (Å²) in [4.78, 5) is 23.5. The van der Waals surface area contributed by atoms with Gasteiger partial charge >= 0.3 is 0 Å². The van der Waals surface area contributed by atoms with Crippen LogP contribution in [0.5, 0.6) is 5.75 Å². The number of amides is 2. The molecule has 6 heteroatoms. The van der Waals surface area contributed by atoms with Crippen LogP contribution in [0.25, 0.3) is 0 Å². The van der Waals surface area contributed by atoms with Crippen LogP contribution in [0, 0.1) is 0 Å². The zero-order valence-electron chi connectivity index (χ0n) is 14.6. The van der Waals surface area contributed by atoms with Gasteiger partial charge in [-0.25, -0.2) is 0 Å². The number of nitrogens with two attached hydrogens (primary N) is 1. The quantitative estimate of drug-likeness (QED) is 0.680. The van der Waals surface area contributed by atoms with Gasteiger partial charge < -0.3 is 21.1 Å².